The predicted octanol–water partition coefficient (Wildman–Crippen LogP) is 3.74. The van der Waals surface area contributed by atoms with Gasteiger partial charge >= 0.3 is 0 Å². The van der Waals surface area contributed by atoms with Crippen molar-refractivity contribution in [1.82, 2.24) is 0 Å². The molecule has 1 saturated heterocycles. The van der Waals surface area contributed by atoms with Crippen LogP contribution in [0.3, 0.4) is 0 Å². The molecular weight excluding hydrogens is 220 g/mol. The van der Waals surface area contributed by atoms with Crippen molar-refractivity contribution >= 4 is 11.4 Å². The monoisotopic (exact) mass is 244 g/mol. The highest BCUT2D eigenvalue weighted by molar-refractivity contribution is 5.62. The van der Waals surface area contributed by atoms with E-state index in [1.165, 1.54) is 56.3 Å². The van der Waals surface area contributed by atoms with Crippen molar-refractivity contribution in [2.75, 3.05) is 17.2 Å². The van der Waals surface area contributed by atoms with Crippen molar-refractivity contribution < 1.29 is 0 Å². The molecule has 1 atom stereocenters. The molecule has 3 rings (SSSR count). The van der Waals surface area contributed by atoms with Crippen LogP contribution in [0.5, 0.6) is 0 Å². The lowest BCUT2D eigenvalue weighted by Crippen LogP contribution is -2.35. The van der Waals surface area contributed by atoms with E-state index in [0.29, 0.717) is 0 Å². The SMILES string of the molecule is Cc1ccc(N)cc1N1CCCC1C1CCCC1. The van der Waals surface area contributed by atoms with Gasteiger partial charge in [0.15, 0.2) is 0 Å². The van der Waals surface area contributed by atoms with Crippen LogP contribution >= 0.6 is 0 Å². The van der Waals surface area contributed by atoms with Crippen LogP contribution in [0.2, 0.25) is 0 Å². The smallest absolute Gasteiger partial charge is 0.0419 e. The maximum atomic E-state index is 5.97. The van der Waals surface area contributed by atoms with Gasteiger partial charge in [0.2, 0.25) is 0 Å². The van der Waals surface area contributed by atoms with Gasteiger partial charge in [-0.2, -0.15) is 0 Å². The second-order valence-electron chi connectivity index (χ2n) is 5.99. The van der Waals surface area contributed by atoms with Gasteiger partial charge in [-0.3, -0.25) is 0 Å². The number of aryl methyl sites for hydroxylation is 1. The van der Waals surface area contributed by atoms with Crippen molar-refractivity contribution in [3.05, 3.63) is 23.8 Å². The van der Waals surface area contributed by atoms with Crippen molar-refractivity contribution in [3.63, 3.8) is 0 Å². The number of hydrogen-bond acceptors (Lipinski definition) is 2. The van der Waals surface area contributed by atoms with E-state index >= 15 is 0 Å². The fourth-order valence-electron chi connectivity index (χ4n) is 3.86. The third kappa shape index (κ3) is 2.09. The van der Waals surface area contributed by atoms with E-state index in [4.69, 9.17) is 5.73 Å². The van der Waals surface area contributed by atoms with E-state index in [-0.39, 0.29) is 0 Å². The Balaban J connectivity index is 1.87. The predicted molar refractivity (Wildman–Crippen MR) is 77.9 cm³/mol. The molecule has 1 saturated carbocycles. The molecule has 1 aliphatic carbocycles. The molecule has 0 amide bonds. The van der Waals surface area contributed by atoms with Crippen molar-refractivity contribution in [2.45, 2.75) is 51.5 Å². The van der Waals surface area contributed by atoms with E-state index in [1.54, 1.807) is 0 Å². The molecule has 2 nitrogen and oxygen atoms in total. The highest BCUT2D eigenvalue weighted by Crippen LogP contribution is 2.39. The van der Waals surface area contributed by atoms with Gasteiger partial charge in [0.25, 0.3) is 0 Å². The van der Waals surface area contributed by atoms with Gasteiger partial charge in [0.05, 0.1) is 0 Å². The first-order chi connectivity index (χ1) is 8.75. The van der Waals surface area contributed by atoms with Crippen LogP contribution in [-0.2, 0) is 0 Å². The number of hydrogen-bond donors (Lipinski definition) is 1. The molecule has 0 spiro atoms. The van der Waals surface area contributed by atoms with Crippen molar-refractivity contribution in [1.29, 1.82) is 0 Å². The summed E-state index contributed by atoms with van der Waals surface area (Å²) < 4.78 is 0. The molecule has 2 heteroatoms. The molecule has 1 aromatic carbocycles. The number of nitrogens with two attached hydrogens (primary N) is 1. The lowest BCUT2D eigenvalue weighted by molar-refractivity contribution is 0.430. The van der Waals surface area contributed by atoms with Gasteiger partial charge in [0, 0.05) is 24.0 Å². The molecule has 1 aliphatic heterocycles. The zero-order chi connectivity index (χ0) is 12.5. The summed E-state index contributed by atoms with van der Waals surface area (Å²) in [7, 11) is 0. The second kappa shape index (κ2) is 4.83. The van der Waals surface area contributed by atoms with Crippen molar-refractivity contribution in [2.24, 2.45) is 5.92 Å². The molecule has 2 N–H and O–H groups in total. The topological polar surface area (TPSA) is 29.3 Å². The third-order valence-corrected chi connectivity index (χ3v) is 4.79. The highest BCUT2D eigenvalue weighted by atomic mass is 15.2. The summed E-state index contributed by atoms with van der Waals surface area (Å²) in [6.07, 6.45) is 8.45. The van der Waals surface area contributed by atoms with Crippen LogP contribution in [0.1, 0.15) is 44.1 Å². The van der Waals surface area contributed by atoms with Gasteiger partial charge < -0.3 is 10.6 Å². The fourth-order valence-corrected chi connectivity index (χ4v) is 3.86. The van der Waals surface area contributed by atoms with Crippen LogP contribution in [0.4, 0.5) is 11.4 Å². The van der Waals surface area contributed by atoms with Crippen LogP contribution in [0.25, 0.3) is 0 Å². The number of rotatable bonds is 2. The molecule has 98 valence electrons. The lowest BCUT2D eigenvalue weighted by Gasteiger charge is -2.32. The second-order valence-corrected chi connectivity index (χ2v) is 5.99. The van der Waals surface area contributed by atoms with E-state index < -0.39 is 0 Å². The standard InChI is InChI=1S/C16H24N2/c1-12-8-9-14(17)11-16(12)18-10-4-7-15(18)13-5-2-3-6-13/h8-9,11,13,15H,2-7,10,17H2,1H3. The van der Waals surface area contributed by atoms with E-state index in [2.05, 4.69) is 24.0 Å². The molecule has 0 bridgehead atoms. The van der Waals surface area contributed by atoms with Gasteiger partial charge in [-0.15, -0.1) is 0 Å². The average molecular weight is 244 g/mol. The van der Waals surface area contributed by atoms with Gasteiger partial charge in [-0.1, -0.05) is 18.9 Å². The van der Waals surface area contributed by atoms with E-state index in [1.807, 2.05) is 6.07 Å². The van der Waals surface area contributed by atoms with Gasteiger partial charge in [-0.05, 0) is 56.2 Å². The molecule has 0 aromatic heterocycles. The Morgan fingerprint density at radius 1 is 1.11 bits per heavy atom. The minimum absolute atomic E-state index is 0.771. The van der Waals surface area contributed by atoms with Gasteiger partial charge in [0.1, 0.15) is 0 Å². The van der Waals surface area contributed by atoms with Crippen molar-refractivity contribution in [3.8, 4) is 0 Å². The average Bonchev–Trinajstić information content (AvgIpc) is 3.00. The Kier molecular flexibility index (Phi) is 3.19. The molecule has 18 heavy (non-hydrogen) atoms. The molecule has 2 aliphatic rings. The normalized spacial score (nSPS) is 24.9. The van der Waals surface area contributed by atoms with Crippen LogP contribution < -0.4 is 10.6 Å². The summed E-state index contributed by atoms with van der Waals surface area (Å²) in [5.74, 6) is 0.924. The Labute approximate surface area is 110 Å². The Morgan fingerprint density at radius 2 is 1.89 bits per heavy atom. The fraction of sp³-hybridized carbons (Fsp3) is 0.625. The van der Waals surface area contributed by atoms with E-state index in [0.717, 1.165) is 17.6 Å². The minimum atomic E-state index is 0.771. The molecule has 1 unspecified atom stereocenters. The summed E-state index contributed by atoms with van der Waals surface area (Å²) in [6, 6.07) is 7.12. The van der Waals surface area contributed by atoms with Crippen LogP contribution in [0.15, 0.2) is 18.2 Å². The Bertz CT molecular complexity index is 421. The minimum Gasteiger partial charge on any atom is -0.399 e. The molecule has 0 radical (unpaired) electrons. The number of anilines is 2. The van der Waals surface area contributed by atoms with Crippen LogP contribution in [0, 0.1) is 12.8 Å². The van der Waals surface area contributed by atoms with Gasteiger partial charge in [-0.25, -0.2) is 0 Å². The van der Waals surface area contributed by atoms with Crippen LogP contribution in [-0.4, -0.2) is 12.6 Å². The highest BCUT2D eigenvalue weighted by Gasteiger charge is 2.33. The zero-order valence-electron chi connectivity index (χ0n) is 11.4. The summed E-state index contributed by atoms with van der Waals surface area (Å²) >= 11 is 0. The number of nitrogens with zero attached hydrogens (tertiary/aromatic N) is 1. The quantitative estimate of drug-likeness (QED) is 0.803. The largest absolute Gasteiger partial charge is 0.399 e. The molecule has 2 fully saturated rings. The summed E-state index contributed by atoms with van der Waals surface area (Å²) in [5.41, 5.74) is 9.61. The Morgan fingerprint density at radius 3 is 2.67 bits per heavy atom. The first-order valence-corrected chi connectivity index (χ1v) is 7.38. The lowest BCUT2D eigenvalue weighted by atomic mass is 9.95. The molecule has 1 aromatic rings. The maximum Gasteiger partial charge on any atom is 0.0419 e. The first-order valence-electron chi connectivity index (χ1n) is 7.38. The molecule has 1 heterocycles. The number of nitrogen functional groups attached to an aromatic ring is 1. The first kappa shape index (κ1) is 11.9. The number of benzene rings is 1. The summed E-state index contributed by atoms with van der Waals surface area (Å²) in [5, 5.41) is 0. The summed E-state index contributed by atoms with van der Waals surface area (Å²) in [4.78, 5) is 2.64. The van der Waals surface area contributed by atoms with E-state index in [9.17, 15) is 0 Å². The maximum absolute atomic E-state index is 5.97. The zero-order valence-corrected chi connectivity index (χ0v) is 11.4. The third-order valence-electron chi connectivity index (χ3n) is 4.79. The molecular formula is C16H24N2. The Hall–Kier alpha value is -1.18. The summed E-state index contributed by atoms with van der Waals surface area (Å²) in [6.45, 7) is 3.42.